The van der Waals surface area contributed by atoms with Crippen molar-refractivity contribution in [3.63, 3.8) is 0 Å². The summed E-state index contributed by atoms with van der Waals surface area (Å²) in [5.41, 5.74) is 2.98. The van der Waals surface area contributed by atoms with E-state index in [1.165, 1.54) is 17.5 Å². The molecule has 14 heavy (non-hydrogen) atoms. The summed E-state index contributed by atoms with van der Waals surface area (Å²) in [5.74, 6) is 0. The molecule has 0 unspecified atom stereocenters. The predicted octanol–water partition coefficient (Wildman–Crippen LogP) is -1.60. The van der Waals surface area contributed by atoms with E-state index in [2.05, 4.69) is 29.6 Å². The van der Waals surface area contributed by atoms with Crippen LogP contribution in [0, 0.1) is 14.8 Å². The van der Waals surface area contributed by atoms with Crippen molar-refractivity contribution in [1.82, 2.24) is 5.32 Å². The van der Waals surface area contributed by atoms with Gasteiger partial charge in [-0.3, -0.25) is 0 Å². The number of hydrogen-bond acceptors (Lipinski definition) is 4. The average Bonchev–Trinajstić information content (AvgIpc) is 2.17. The highest BCUT2D eigenvalue weighted by atomic mass is 80.0. The first-order valence-electron chi connectivity index (χ1n) is 4.22. The van der Waals surface area contributed by atoms with Gasteiger partial charge in [-0.15, -0.1) is 0 Å². The Balaban J connectivity index is 0.000000213. The zero-order valence-corrected chi connectivity index (χ0v) is 9.16. The quantitative estimate of drug-likeness (QED) is 0.590. The first-order chi connectivity index (χ1) is 6.70. The van der Waals surface area contributed by atoms with Crippen LogP contribution in [0.25, 0.3) is 0 Å². The van der Waals surface area contributed by atoms with Crippen LogP contribution in [0.15, 0.2) is 24.3 Å². The van der Waals surface area contributed by atoms with E-state index in [1.54, 1.807) is 0 Å². The van der Waals surface area contributed by atoms with Crippen LogP contribution >= 0.6 is 0 Å². The van der Waals surface area contributed by atoms with E-state index < -0.39 is 14.8 Å². The van der Waals surface area contributed by atoms with E-state index in [0.717, 1.165) is 13.1 Å². The SMILES string of the molecule is [O-][Br+2]([O-])O.c1ccc2c(c1)CCNC2. The smallest absolute Gasteiger partial charge is 0.372 e. The molecule has 2 rings (SSSR count). The number of rotatable bonds is 0. The summed E-state index contributed by atoms with van der Waals surface area (Å²) >= 11 is -3.40. The largest absolute Gasteiger partial charge is 0.433 e. The van der Waals surface area contributed by atoms with E-state index in [4.69, 9.17) is 12.6 Å². The lowest BCUT2D eigenvalue weighted by Crippen LogP contribution is -2.30. The molecule has 1 heterocycles. The van der Waals surface area contributed by atoms with Crippen LogP contribution in [0.1, 0.15) is 11.1 Å². The normalized spacial score (nSPS) is 14.3. The Morgan fingerprint density at radius 3 is 2.36 bits per heavy atom. The minimum absolute atomic E-state index is 1.05. The number of halogens is 1. The van der Waals surface area contributed by atoms with E-state index >= 15 is 0 Å². The molecule has 1 aliphatic rings. The molecule has 78 valence electrons. The van der Waals surface area contributed by atoms with Crippen molar-refractivity contribution in [2.24, 2.45) is 0 Å². The van der Waals surface area contributed by atoms with Crippen LogP contribution in [0.5, 0.6) is 0 Å². The molecule has 2 N–H and O–H groups in total. The molecule has 0 amide bonds. The van der Waals surface area contributed by atoms with Crippen molar-refractivity contribution >= 4 is 0 Å². The van der Waals surface area contributed by atoms with Gasteiger partial charge in [-0.05, 0) is 28.3 Å². The Labute approximate surface area is 88.0 Å². The highest BCUT2D eigenvalue weighted by molar-refractivity contribution is 5.28. The summed E-state index contributed by atoms with van der Waals surface area (Å²) < 4.78 is 24.3. The maximum absolute atomic E-state index is 8.63. The number of fused-ring (bicyclic) bond motifs is 1. The molecule has 0 atom stereocenters. The number of nitrogens with one attached hydrogen (secondary N) is 1. The Morgan fingerprint density at radius 1 is 1.21 bits per heavy atom. The third-order valence-corrected chi connectivity index (χ3v) is 2.00. The van der Waals surface area contributed by atoms with E-state index in [1.807, 2.05) is 0 Å². The molecule has 0 spiro atoms. The van der Waals surface area contributed by atoms with Crippen LogP contribution in [0.3, 0.4) is 0 Å². The van der Waals surface area contributed by atoms with E-state index in [9.17, 15) is 0 Å². The molecule has 0 aromatic heterocycles. The van der Waals surface area contributed by atoms with Gasteiger partial charge in [0.15, 0.2) is 0 Å². The molecule has 5 heteroatoms. The summed E-state index contributed by atoms with van der Waals surface area (Å²) in [5, 5.41) is 3.34. The van der Waals surface area contributed by atoms with Crippen molar-refractivity contribution in [2.75, 3.05) is 6.54 Å². The van der Waals surface area contributed by atoms with E-state index in [0.29, 0.717) is 0 Å². The molecular formula is C9H12BrNO3. The maximum Gasteiger partial charge on any atom is 0.433 e. The van der Waals surface area contributed by atoms with Gasteiger partial charge in [0, 0.05) is 6.54 Å². The van der Waals surface area contributed by atoms with Gasteiger partial charge < -0.3 is 13.7 Å². The van der Waals surface area contributed by atoms with Crippen molar-refractivity contribution in [3.05, 3.63) is 35.4 Å². The minimum Gasteiger partial charge on any atom is -0.372 e. The van der Waals surface area contributed by atoms with Crippen molar-refractivity contribution < 1.29 is 27.4 Å². The van der Waals surface area contributed by atoms with Crippen molar-refractivity contribution in [1.29, 1.82) is 0 Å². The minimum atomic E-state index is -3.40. The second kappa shape index (κ2) is 6.10. The zero-order chi connectivity index (χ0) is 10.4. The fourth-order valence-corrected chi connectivity index (χ4v) is 1.42. The second-order valence-corrected chi connectivity index (χ2v) is 3.74. The maximum atomic E-state index is 8.63. The Morgan fingerprint density at radius 2 is 1.79 bits per heavy atom. The van der Waals surface area contributed by atoms with Gasteiger partial charge in [0.2, 0.25) is 0 Å². The fourth-order valence-electron chi connectivity index (χ4n) is 1.42. The van der Waals surface area contributed by atoms with Crippen LogP contribution in [0.2, 0.25) is 0 Å². The highest BCUT2D eigenvalue weighted by Crippen LogP contribution is 2.11. The van der Waals surface area contributed by atoms with Gasteiger partial charge in [-0.2, -0.15) is 0 Å². The molecule has 4 nitrogen and oxygen atoms in total. The first-order valence-corrected chi connectivity index (χ1v) is 6.22. The molecule has 0 radical (unpaired) electrons. The summed E-state index contributed by atoms with van der Waals surface area (Å²) in [6.07, 6.45) is 1.19. The monoisotopic (exact) mass is 261 g/mol. The summed E-state index contributed by atoms with van der Waals surface area (Å²) in [6, 6.07) is 8.63. The molecule has 1 aromatic rings. The number of benzene rings is 1. The summed E-state index contributed by atoms with van der Waals surface area (Å²) in [4.78, 5) is 0. The van der Waals surface area contributed by atoms with Gasteiger partial charge in [-0.1, -0.05) is 24.3 Å². The lowest BCUT2D eigenvalue weighted by Gasteiger charge is -2.15. The molecule has 0 fully saturated rings. The molecule has 0 bridgehead atoms. The van der Waals surface area contributed by atoms with Gasteiger partial charge in [-0.25, -0.2) is 0 Å². The fraction of sp³-hybridized carbons (Fsp3) is 0.333. The van der Waals surface area contributed by atoms with Gasteiger partial charge in [0.25, 0.3) is 0 Å². The zero-order valence-electron chi connectivity index (χ0n) is 7.57. The lowest BCUT2D eigenvalue weighted by molar-refractivity contribution is -1.63. The molecule has 1 aliphatic heterocycles. The van der Waals surface area contributed by atoms with Crippen LogP contribution in [-0.2, 0) is 13.0 Å². The third-order valence-electron chi connectivity index (χ3n) is 2.00. The predicted molar refractivity (Wildman–Crippen MR) is 44.1 cm³/mol. The topological polar surface area (TPSA) is 78.4 Å². The van der Waals surface area contributed by atoms with Crippen LogP contribution in [-0.4, -0.2) is 10.7 Å². The molecule has 0 saturated heterocycles. The average molecular weight is 262 g/mol. The first kappa shape index (κ1) is 11.6. The van der Waals surface area contributed by atoms with Gasteiger partial charge in [0.1, 0.15) is 0 Å². The highest BCUT2D eigenvalue weighted by Gasteiger charge is 2.05. The standard InChI is InChI=1S/C9H11N.BrHO3/c1-2-4-9-7-10-6-5-8(9)3-1;2-1(3)4/h1-4,10H,5-7H2;2H. The Bertz CT molecular complexity index is 253. The molecule has 0 aliphatic carbocycles. The lowest BCUT2D eigenvalue weighted by atomic mass is 10.0. The van der Waals surface area contributed by atoms with E-state index in [-0.39, 0.29) is 0 Å². The van der Waals surface area contributed by atoms with Crippen LogP contribution < -0.4 is 13.7 Å². The molecule has 1 aromatic carbocycles. The Kier molecular flexibility index (Phi) is 5.06. The Hall–Kier alpha value is -0.460. The molecule has 0 saturated carbocycles. The van der Waals surface area contributed by atoms with Crippen molar-refractivity contribution in [3.8, 4) is 0 Å². The number of hydrogen-bond donors (Lipinski definition) is 2. The second-order valence-electron chi connectivity index (χ2n) is 2.90. The van der Waals surface area contributed by atoms with Gasteiger partial charge in [0.05, 0.1) is 0 Å². The van der Waals surface area contributed by atoms with Gasteiger partial charge >= 0.3 is 14.8 Å². The van der Waals surface area contributed by atoms with Crippen LogP contribution in [0.4, 0.5) is 0 Å². The third kappa shape index (κ3) is 4.17. The summed E-state index contributed by atoms with van der Waals surface area (Å²) in [7, 11) is 0. The summed E-state index contributed by atoms with van der Waals surface area (Å²) in [6.45, 7) is 2.19. The van der Waals surface area contributed by atoms with Crippen molar-refractivity contribution in [2.45, 2.75) is 13.0 Å². The molecular weight excluding hydrogens is 250 g/mol.